The van der Waals surface area contributed by atoms with Gasteiger partial charge in [-0.3, -0.25) is 0 Å². The smallest absolute Gasteiger partial charge is 0.127 e. The van der Waals surface area contributed by atoms with Crippen molar-refractivity contribution in [3.8, 4) is 0 Å². The molecule has 1 aromatic rings. The first-order chi connectivity index (χ1) is 12.9. The zero-order valence-corrected chi connectivity index (χ0v) is 17.3. The SMILES string of the molecule is Cc1ccc(/C=C2/C[C@@H]3[C@H]4CC[C@H]5CCCC[C@]5(C)[C@@H]4CC[C@@]3(C)[C@@H]2O)o1. The van der Waals surface area contributed by atoms with Crippen molar-refractivity contribution in [2.45, 2.75) is 84.7 Å². The van der Waals surface area contributed by atoms with E-state index in [1.165, 1.54) is 56.9 Å². The highest BCUT2D eigenvalue weighted by Gasteiger charge is 2.60. The van der Waals surface area contributed by atoms with Gasteiger partial charge in [0.1, 0.15) is 11.5 Å². The van der Waals surface area contributed by atoms with Crippen LogP contribution in [0, 0.1) is 41.4 Å². The molecule has 4 aliphatic rings. The highest BCUT2D eigenvalue weighted by molar-refractivity contribution is 5.51. The Morgan fingerprint density at radius 1 is 1.00 bits per heavy atom. The first-order valence-corrected chi connectivity index (χ1v) is 11.4. The van der Waals surface area contributed by atoms with Gasteiger partial charge in [0.15, 0.2) is 0 Å². The molecule has 1 heterocycles. The number of aliphatic hydroxyl groups excluding tert-OH is 1. The summed E-state index contributed by atoms with van der Waals surface area (Å²) in [5.74, 6) is 5.15. The van der Waals surface area contributed by atoms with Crippen LogP contribution in [0.2, 0.25) is 0 Å². The Balaban J connectivity index is 1.45. The number of furan rings is 1. The van der Waals surface area contributed by atoms with E-state index in [9.17, 15) is 5.11 Å². The summed E-state index contributed by atoms with van der Waals surface area (Å²) in [6.45, 7) is 6.99. The van der Waals surface area contributed by atoms with Gasteiger partial charge in [0.2, 0.25) is 0 Å². The van der Waals surface area contributed by atoms with Gasteiger partial charge in [-0.1, -0.05) is 26.7 Å². The van der Waals surface area contributed by atoms with Gasteiger partial charge in [-0.15, -0.1) is 0 Å². The molecule has 0 amide bonds. The van der Waals surface area contributed by atoms with Crippen LogP contribution in [0.15, 0.2) is 22.1 Å². The molecule has 4 saturated carbocycles. The molecule has 1 N–H and O–H groups in total. The Kier molecular flexibility index (Phi) is 4.17. The summed E-state index contributed by atoms with van der Waals surface area (Å²) in [6, 6.07) is 4.06. The molecule has 7 atom stereocenters. The first kappa shape index (κ1) is 18.0. The van der Waals surface area contributed by atoms with Crippen LogP contribution in [0.3, 0.4) is 0 Å². The average molecular weight is 369 g/mol. The summed E-state index contributed by atoms with van der Waals surface area (Å²) < 4.78 is 5.79. The van der Waals surface area contributed by atoms with E-state index in [1.807, 2.05) is 19.1 Å². The van der Waals surface area contributed by atoms with Gasteiger partial charge in [0, 0.05) is 5.41 Å². The Morgan fingerprint density at radius 3 is 2.63 bits per heavy atom. The molecular weight excluding hydrogens is 332 g/mol. The molecule has 5 rings (SSSR count). The fourth-order valence-electron chi connectivity index (χ4n) is 8.01. The van der Waals surface area contributed by atoms with Crippen LogP contribution in [0.5, 0.6) is 0 Å². The van der Waals surface area contributed by atoms with E-state index in [2.05, 4.69) is 19.9 Å². The molecular formula is C25H36O2. The monoisotopic (exact) mass is 368 g/mol. The van der Waals surface area contributed by atoms with Crippen molar-refractivity contribution in [2.75, 3.05) is 0 Å². The quantitative estimate of drug-likeness (QED) is 0.624. The molecule has 0 unspecified atom stereocenters. The largest absolute Gasteiger partial charge is 0.462 e. The second-order valence-electron chi connectivity index (χ2n) is 10.7. The zero-order chi connectivity index (χ0) is 18.8. The third-order valence-electron chi connectivity index (χ3n) is 9.54. The topological polar surface area (TPSA) is 33.4 Å². The zero-order valence-electron chi connectivity index (χ0n) is 17.3. The van der Waals surface area contributed by atoms with Crippen molar-refractivity contribution < 1.29 is 9.52 Å². The van der Waals surface area contributed by atoms with Crippen LogP contribution < -0.4 is 0 Å². The molecule has 4 aliphatic carbocycles. The van der Waals surface area contributed by atoms with Crippen LogP contribution in [-0.2, 0) is 0 Å². The van der Waals surface area contributed by atoms with E-state index in [0.717, 1.165) is 35.7 Å². The van der Waals surface area contributed by atoms with E-state index in [-0.39, 0.29) is 11.5 Å². The molecule has 1 aromatic heterocycles. The molecule has 0 saturated heterocycles. The molecule has 0 radical (unpaired) electrons. The van der Waals surface area contributed by atoms with Gasteiger partial charge in [-0.05, 0) is 105 Å². The maximum atomic E-state index is 11.3. The summed E-state index contributed by atoms with van der Waals surface area (Å²) in [7, 11) is 0. The van der Waals surface area contributed by atoms with E-state index in [4.69, 9.17) is 4.42 Å². The van der Waals surface area contributed by atoms with Crippen molar-refractivity contribution >= 4 is 6.08 Å². The van der Waals surface area contributed by atoms with Gasteiger partial charge in [-0.25, -0.2) is 0 Å². The maximum absolute atomic E-state index is 11.3. The Bertz CT molecular complexity index is 745. The van der Waals surface area contributed by atoms with Gasteiger partial charge >= 0.3 is 0 Å². The lowest BCUT2D eigenvalue weighted by Crippen LogP contribution is -2.53. The second kappa shape index (κ2) is 6.24. The Morgan fingerprint density at radius 2 is 1.85 bits per heavy atom. The highest BCUT2D eigenvalue weighted by atomic mass is 16.3. The van der Waals surface area contributed by atoms with Crippen LogP contribution >= 0.6 is 0 Å². The lowest BCUT2D eigenvalue weighted by atomic mass is 9.45. The number of fused-ring (bicyclic) bond motifs is 5. The van der Waals surface area contributed by atoms with E-state index in [0.29, 0.717) is 11.3 Å². The molecule has 27 heavy (non-hydrogen) atoms. The van der Waals surface area contributed by atoms with Gasteiger partial charge in [0.05, 0.1) is 6.10 Å². The summed E-state index contributed by atoms with van der Waals surface area (Å²) in [4.78, 5) is 0. The molecule has 148 valence electrons. The summed E-state index contributed by atoms with van der Waals surface area (Å²) in [5.41, 5.74) is 1.85. The van der Waals surface area contributed by atoms with Crippen molar-refractivity contribution in [3.05, 3.63) is 29.2 Å². The van der Waals surface area contributed by atoms with E-state index >= 15 is 0 Å². The number of aliphatic hydroxyl groups is 1. The number of aryl methyl sites for hydroxylation is 1. The van der Waals surface area contributed by atoms with Gasteiger partial charge in [0.25, 0.3) is 0 Å². The minimum absolute atomic E-state index is 0.0620. The van der Waals surface area contributed by atoms with E-state index in [1.54, 1.807) is 0 Å². The lowest BCUT2D eigenvalue weighted by molar-refractivity contribution is -0.119. The molecule has 0 spiro atoms. The number of hydrogen-bond acceptors (Lipinski definition) is 2. The fraction of sp³-hybridized carbons (Fsp3) is 0.760. The molecule has 4 fully saturated rings. The Labute approximate surface area is 164 Å². The predicted molar refractivity (Wildman–Crippen MR) is 109 cm³/mol. The minimum Gasteiger partial charge on any atom is -0.462 e. The molecule has 2 nitrogen and oxygen atoms in total. The third-order valence-corrected chi connectivity index (χ3v) is 9.54. The molecule has 2 heteroatoms. The number of rotatable bonds is 1. The molecule has 0 bridgehead atoms. The average Bonchev–Trinajstić information content (AvgIpc) is 3.16. The van der Waals surface area contributed by atoms with Gasteiger partial charge < -0.3 is 9.52 Å². The van der Waals surface area contributed by atoms with Crippen LogP contribution in [-0.4, -0.2) is 11.2 Å². The van der Waals surface area contributed by atoms with Crippen molar-refractivity contribution in [1.82, 2.24) is 0 Å². The van der Waals surface area contributed by atoms with Crippen LogP contribution in [0.25, 0.3) is 6.08 Å². The van der Waals surface area contributed by atoms with Crippen molar-refractivity contribution in [3.63, 3.8) is 0 Å². The maximum Gasteiger partial charge on any atom is 0.127 e. The van der Waals surface area contributed by atoms with Crippen LogP contribution in [0.1, 0.15) is 83.2 Å². The minimum atomic E-state index is -0.300. The van der Waals surface area contributed by atoms with Crippen LogP contribution in [0.4, 0.5) is 0 Å². The highest BCUT2D eigenvalue weighted by Crippen LogP contribution is 2.67. The molecule has 0 aromatic carbocycles. The fourth-order valence-corrected chi connectivity index (χ4v) is 8.01. The van der Waals surface area contributed by atoms with Crippen molar-refractivity contribution in [2.24, 2.45) is 34.5 Å². The molecule has 0 aliphatic heterocycles. The Hall–Kier alpha value is -1.02. The first-order valence-electron chi connectivity index (χ1n) is 11.4. The predicted octanol–water partition coefficient (Wildman–Crippen LogP) is 6.38. The standard InChI is InChI=1S/C25H36O2/c1-16-7-9-19(27-16)14-17-15-22-20-10-8-18-6-4-5-12-24(18,2)21(20)11-13-25(22,3)23(17)26/h7,9,14,18,20-23,26H,4-6,8,10-13,15H2,1-3H3/b17-14-/t18-,20+,21-,22-,23-,24+,25-/m1/s1. The lowest BCUT2D eigenvalue weighted by Gasteiger charge is -2.60. The van der Waals surface area contributed by atoms with E-state index < -0.39 is 0 Å². The third kappa shape index (κ3) is 2.62. The summed E-state index contributed by atoms with van der Waals surface area (Å²) >= 11 is 0. The second-order valence-corrected chi connectivity index (χ2v) is 10.7. The summed E-state index contributed by atoms with van der Waals surface area (Å²) in [6.07, 6.45) is 14.0. The summed E-state index contributed by atoms with van der Waals surface area (Å²) in [5, 5.41) is 11.3. The van der Waals surface area contributed by atoms with Crippen molar-refractivity contribution in [1.29, 1.82) is 0 Å². The normalized spacial score (nSPS) is 48.1. The number of hydrogen-bond donors (Lipinski definition) is 1. The van der Waals surface area contributed by atoms with Gasteiger partial charge in [-0.2, -0.15) is 0 Å².